The van der Waals surface area contributed by atoms with E-state index in [1.165, 1.54) is 26.6 Å². The van der Waals surface area contributed by atoms with E-state index in [1.54, 1.807) is 0 Å². The molecule has 0 aliphatic heterocycles. The first kappa shape index (κ1) is 23.6. The Morgan fingerprint density at radius 2 is 1.00 bits per heavy atom. The maximum absolute atomic E-state index is 4.82. The average Bonchev–Trinajstić information content (AvgIpc) is 3.49. The summed E-state index contributed by atoms with van der Waals surface area (Å²) in [5, 5.41) is 27.4. The van der Waals surface area contributed by atoms with Gasteiger partial charge in [-0.2, -0.15) is 0 Å². The Morgan fingerprint density at radius 3 is 1.33 bits per heavy atom. The summed E-state index contributed by atoms with van der Waals surface area (Å²) in [5.74, 6) is 1.37. The molecule has 30 heavy (non-hydrogen) atoms. The molecule has 2 heterocycles. The third kappa shape index (κ3) is 4.30. The Labute approximate surface area is 188 Å². The number of hydrogen-bond donors (Lipinski definition) is 0. The van der Waals surface area contributed by atoms with Gasteiger partial charge in [-0.25, -0.2) is 0 Å². The van der Waals surface area contributed by atoms with E-state index in [-0.39, 0.29) is 0 Å². The van der Waals surface area contributed by atoms with Crippen molar-refractivity contribution in [3.63, 3.8) is 0 Å². The van der Waals surface area contributed by atoms with Crippen LogP contribution in [-0.2, 0) is 0 Å². The molecule has 10 heteroatoms. The molecule has 0 aliphatic rings. The van der Waals surface area contributed by atoms with Gasteiger partial charge in [0.2, 0.25) is 0 Å². The summed E-state index contributed by atoms with van der Waals surface area (Å²) in [6.07, 6.45) is 0. The summed E-state index contributed by atoms with van der Waals surface area (Å²) in [4.78, 5) is 0. The zero-order valence-electron chi connectivity index (χ0n) is 19.1. The third-order valence-electron chi connectivity index (χ3n) is 7.00. The molecule has 0 aliphatic carbocycles. The zero-order valence-corrected chi connectivity index (χ0v) is 24.8. The molecule has 0 fully saturated rings. The van der Waals surface area contributed by atoms with Gasteiger partial charge in [0.1, 0.15) is 0 Å². The van der Waals surface area contributed by atoms with Crippen LogP contribution in [0, 0.1) is 0 Å². The average molecular weight is 624 g/mol. The Hall–Kier alpha value is -1.04. The summed E-state index contributed by atoms with van der Waals surface area (Å²) >= 11 is -5.10. The van der Waals surface area contributed by atoms with Gasteiger partial charge in [0.05, 0.1) is 0 Å². The summed E-state index contributed by atoms with van der Waals surface area (Å²) in [7, 11) is 0. The SMILES string of the molecule is C[CH2][Sn]([CH2]C)([CH2]C)[n]1nnc(-c2cccc(-c3nn[n]([Sn]([CH2]C)([CH2]C)[CH2]C)n3)c2)n1. The summed E-state index contributed by atoms with van der Waals surface area (Å²) in [6, 6.07) is 8.14. The van der Waals surface area contributed by atoms with Crippen molar-refractivity contribution < 1.29 is 0 Å². The molecule has 0 saturated heterocycles. The van der Waals surface area contributed by atoms with Gasteiger partial charge in [0.15, 0.2) is 0 Å². The number of hydrogen-bond acceptors (Lipinski definition) is 6. The van der Waals surface area contributed by atoms with Gasteiger partial charge in [-0.15, -0.1) is 0 Å². The monoisotopic (exact) mass is 626 g/mol. The van der Waals surface area contributed by atoms with E-state index in [0.717, 1.165) is 11.1 Å². The number of rotatable bonds is 10. The maximum atomic E-state index is 4.82. The molecular formula is C20H34N8Sn2. The predicted octanol–water partition coefficient (Wildman–Crippen LogP) is 4.70. The molecule has 0 radical (unpaired) electrons. The minimum atomic E-state index is -2.55. The Kier molecular flexibility index (Phi) is 7.91. The fourth-order valence-corrected chi connectivity index (χ4v) is 20.7. The van der Waals surface area contributed by atoms with Crippen LogP contribution in [0.15, 0.2) is 24.3 Å². The van der Waals surface area contributed by atoms with Gasteiger partial charge in [0.25, 0.3) is 0 Å². The fraction of sp³-hybridized carbons (Fsp3) is 0.600. The van der Waals surface area contributed by atoms with Crippen LogP contribution in [-0.4, -0.2) is 74.2 Å². The second-order valence-electron chi connectivity index (χ2n) is 7.96. The van der Waals surface area contributed by atoms with E-state index < -0.39 is 37.3 Å². The van der Waals surface area contributed by atoms with Crippen molar-refractivity contribution in [3.8, 4) is 22.8 Å². The number of aromatic nitrogens is 8. The summed E-state index contributed by atoms with van der Waals surface area (Å²) in [6.45, 7) is 13.6. The van der Waals surface area contributed by atoms with Gasteiger partial charge in [-0.3, -0.25) is 0 Å². The Balaban J connectivity index is 1.94. The molecule has 0 spiro atoms. The van der Waals surface area contributed by atoms with Crippen LogP contribution in [0.4, 0.5) is 0 Å². The number of benzene rings is 1. The normalized spacial score (nSPS) is 12.5. The second kappa shape index (κ2) is 10.1. The van der Waals surface area contributed by atoms with Gasteiger partial charge in [0, 0.05) is 0 Å². The van der Waals surface area contributed by atoms with E-state index in [1.807, 2.05) is 24.2 Å². The molecule has 3 rings (SSSR count). The second-order valence-corrected chi connectivity index (χ2v) is 36.3. The van der Waals surface area contributed by atoms with Crippen LogP contribution in [0.25, 0.3) is 22.8 Å². The van der Waals surface area contributed by atoms with Crippen molar-refractivity contribution >= 4 is 37.3 Å². The van der Waals surface area contributed by atoms with E-state index in [0.29, 0.717) is 11.6 Å². The van der Waals surface area contributed by atoms with Crippen LogP contribution in [0.1, 0.15) is 41.5 Å². The van der Waals surface area contributed by atoms with Gasteiger partial charge in [-0.05, 0) is 0 Å². The molecule has 0 atom stereocenters. The molecule has 0 saturated carbocycles. The first-order valence-corrected chi connectivity index (χ1v) is 25.9. The summed E-state index contributed by atoms with van der Waals surface area (Å²) < 4.78 is 11.1. The van der Waals surface area contributed by atoms with Crippen molar-refractivity contribution in [2.75, 3.05) is 0 Å². The molecule has 162 valence electrons. The van der Waals surface area contributed by atoms with Crippen molar-refractivity contribution in [3.05, 3.63) is 24.3 Å². The van der Waals surface area contributed by atoms with Gasteiger partial charge >= 0.3 is 189 Å². The van der Waals surface area contributed by atoms with Crippen molar-refractivity contribution in [2.45, 2.75) is 68.2 Å². The van der Waals surface area contributed by atoms with Crippen molar-refractivity contribution in [1.82, 2.24) is 36.9 Å². The van der Waals surface area contributed by atoms with E-state index in [9.17, 15) is 0 Å². The molecule has 1 aromatic carbocycles. The molecule has 3 aromatic rings. The molecule has 0 unspecified atom stereocenters. The van der Waals surface area contributed by atoms with Crippen LogP contribution < -0.4 is 0 Å². The third-order valence-corrected chi connectivity index (χ3v) is 35.5. The molecule has 0 N–H and O–H groups in total. The first-order valence-electron chi connectivity index (χ1n) is 11.2. The molecule has 8 nitrogen and oxygen atoms in total. The molecular weight excluding hydrogens is 590 g/mol. The van der Waals surface area contributed by atoms with Crippen LogP contribution in [0.3, 0.4) is 0 Å². The van der Waals surface area contributed by atoms with Gasteiger partial charge < -0.3 is 0 Å². The van der Waals surface area contributed by atoms with E-state index >= 15 is 0 Å². The molecule has 0 amide bonds. The Bertz CT molecular complexity index is 869. The molecule has 0 bridgehead atoms. The minimum absolute atomic E-state index is 0.685. The van der Waals surface area contributed by atoms with Gasteiger partial charge in [-0.1, -0.05) is 0 Å². The van der Waals surface area contributed by atoms with Crippen LogP contribution in [0.2, 0.25) is 26.6 Å². The topological polar surface area (TPSA) is 87.2 Å². The van der Waals surface area contributed by atoms with E-state index in [2.05, 4.69) is 68.2 Å². The zero-order chi connectivity index (χ0) is 21.8. The number of nitrogens with zero attached hydrogens (tertiary/aromatic N) is 8. The van der Waals surface area contributed by atoms with Crippen molar-refractivity contribution in [1.29, 1.82) is 0 Å². The van der Waals surface area contributed by atoms with E-state index in [4.69, 9.17) is 10.2 Å². The predicted molar refractivity (Wildman–Crippen MR) is 125 cm³/mol. The number of tetrazole rings is 2. The van der Waals surface area contributed by atoms with Crippen molar-refractivity contribution in [2.24, 2.45) is 0 Å². The van der Waals surface area contributed by atoms with Crippen LogP contribution in [0.5, 0.6) is 0 Å². The quantitative estimate of drug-likeness (QED) is 0.305. The Morgan fingerprint density at radius 1 is 0.633 bits per heavy atom. The first-order chi connectivity index (χ1) is 14.5. The summed E-state index contributed by atoms with van der Waals surface area (Å²) in [5.41, 5.74) is 1.91. The van der Waals surface area contributed by atoms with Crippen LogP contribution >= 0.6 is 0 Å². The standard InChI is InChI=1S/C8H4N8.6C2H5.2Sn/c1-2-5(7-9-13-14-10-7)4-6(3-1)8-11-15-16-12-8;6*1-2;;/h1-4H;6*1H2,2H3;;/q-2;;;;;;;2*+1. The molecule has 2 aromatic heterocycles. The fourth-order valence-electron chi connectivity index (χ4n) is 4.21.